The van der Waals surface area contributed by atoms with Gasteiger partial charge in [-0.2, -0.15) is 0 Å². The molecule has 1 N–H and O–H groups in total. The molecule has 0 saturated carbocycles. The minimum Gasteiger partial charge on any atom is -0.481 e. The molecule has 2 aromatic rings. The van der Waals surface area contributed by atoms with Crippen molar-refractivity contribution in [3.63, 3.8) is 0 Å². The van der Waals surface area contributed by atoms with Crippen molar-refractivity contribution in [1.82, 2.24) is 15.0 Å². The summed E-state index contributed by atoms with van der Waals surface area (Å²) in [5.74, 6) is 0.509. The van der Waals surface area contributed by atoms with Gasteiger partial charge in [0.2, 0.25) is 11.8 Å². The fourth-order valence-corrected chi connectivity index (χ4v) is 1.50. The number of aromatic nitrogens is 3. The van der Waals surface area contributed by atoms with Crippen molar-refractivity contribution in [2.45, 2.75) is 6.54 Å². The first kappa shape index (κ1) is 13.7. The van der Waals surface area contributed by atoms with Crippen LogP contribution >= 0.6 is 0 Å². The quantitative estimate of drug-likeness (QED) is 0.822. The molecule has 0 amide bonds. The van der Waals surface area contributed by atoms with Gasteiger partial charge in [-0.3, -0.25) is 0 Å². The predicted molar refractivity (Wildman–Crippen MR) is 71.5 cm³/mol. The third-order valence-corrected chi connectivity index (χ3v) is 2.53. The van der Waals surface area contributed by atoms with Crippen LogP contribution in [-0.2, 0) is 11.3 Å². The number of anilines is 1. The highest BCUT2D eigenvalue weighted by Crippen LogP contribution is 2.10. The highest BCUT2D eigenvalue weighted by molar-refractivity contribution is 5.88. The second-order valence-electron chi connectivity index (χ2n) is 3.85. The fourth-order valence-electron chi connectivity index (χ4n) is 1.50. The zero-order valence-corrected chi connectivity index (χ0v) is 11.2. The van der Waals surface area contributed by atoms with E-state index in [9.17, 15) is 4.79 Å². The summed E-state index contributed by atoms with van der Waals surface area (Å²) >= 11 is 0. The Bertz CT molecular complexity index is 586. The molecule has 0 unspecified atom stereocenters. The topological polar surface area (TPSA) is 86.2 Å². The van der Waals surface area contributed by atoms with E-state index in [4.69, 9.17) is 4.74 Å². The van der Waals surface area contributed by atoms with E-state index in [1.54, 1.807) is 13.3 Å². The highest BCUT2D eigenvalue weighted by Gasteiger charge is 2.06. The van der Waals surface area contributed by atoms with Crippen LogP contribution in [0.4, 0.5) is 5.95 Å². The molecule has 0 atom stereocenters. The average molecular weight is 274 g/mol. The largest absolute Gasteiger partial charge is 0.481 e. The Labute approximate surface area is 116 Å². The van der Waals surface area contributed by atoms with Crippen LogP contribution in [-0.4, -0.2) is 35.1 Å². The van der Waals surface area contributed by atoms with Crippen LogP contribution in [0.2, 0.25) is 0 Å². The number of rotatable bonds is 5. The lowest BCUT2D eigenvalue weighted by Crippen LogP contribution is -2.07. The van der Waals surface area contributed by atoms with E-state index in [2.05, 4.69) is 25.0 Å². The molecule has 2 aromatic heterocycles. The predicted octanol–water partition coefficient (Wildman–Crippen LogP) is 1.28. The lowest BCUT2D eigenvalue weighted by atomic mass is 10.2. The van der Waals surface area contributed by atoms with E-state index in [-0.39, 0.29) is 0 Å². The molecule has 0 saturated heterocycles. The summed E-state index contributed by atoms with van der Waals surface area (Å²) in [5, 5.41) is 3.04. The smallest absolute Gasteiger partial charge is 0.341 e. The van der Waals surface area contributed by atoms with Gasteiger partial charge in [0, 0.05) is 31.2 Å². The highest BCUT2D eigenvalue weighted by atomic mass is 16.5. The van der Waals surface area contributed by atoms with E-state index in [0.717, 1.165) is 5.56 Å². The summed E-state index contributed by atoms with van der Waals surface area (Å²) < 4.78 is 9.61. The van der Waals surface area contributed by atoms with Crippen molar-refractivity contribution >= 4 is 11.9 Å². The third-order valence-electron chi connectivity index (χ3n) is 2.53. The number of hydrogen-bond acceptors (Lipinski definition) is 7. The van der Waals surface area contributed by atoms with Gasteiger partial charge in [0.1, 0.15) is 0 Å². The van der Waals surface area contributed by atoms with Gasteiger partial charge in [-0.05, 0) is 11.6 Å². The van der Waals surface area contributed by atoms with Crippen LogP contribution in [0.25, 0.3) is 0 Å². The Kier molecular flexibility index (Phi) is 4.43. The number of carbonyl (C=O) groups excluding carboxylic acids is 1. The molecule has 0 spiro atoms. The van der Waals surface area contributed by atoms with Gasteiger partial charge < -0.3 is 14.8 Å². The van der Waals surface area contributed by atoms with Crippen LogP contribution in [0.1, 0.15) is 15.9 Å². The number of carbonyl (C=O) groups is 1. The van der Waals surface area contributed by atoms with Crippen LogP contribution in [0.5, 0.6) is 5.88 Å². The first-order chi connectivity index (χ1) is 9.72. The number of nitrogens with one attached hydrogen (secondary N) is 1. The molecule has 0 radical (unpaired) electrons. The fraction of sp³-hybridized carbons (Fsp3) is 0.231. The first-order valence-electron chi connectivity index (χ1n) is 5.86. The Morgan fingerprint density at radius 1 is 1.25 bits per heavy atom. The summed E-state index contributed by atoms with van der Waals surface area (Å²) in [6, 6.07) is 3.67. The number of hydrogen-bond donors (Lipinski definition) is 1. The summed E-state index contributed by atoms with van der Waals surface area (Å²) in [6.45, 7) is 0.524. The second kappa shape index (κ2) is 6.46. The lowest BCUT2D eigenvalue weighted by molar-refractivity contribution is 0.0600. The molecular weight excluding hydrogens is 260 g/mol. The van der Waals surface area contributed by atoms with Gasteiger partial charge >= 0.3 is 5.97 Å². The Hall–Kier alpha value is -2.70. The average Bonchev–Trinajstić information content (AvgIpc) is 2.53. The second-order valence-corrected chi connectivity index (χ2v) is 3.85. The Balaban J connectivity index is 1.98. The van der Waals surface area contributed by atoms with E-state index < -0.39 is 5.97 Å². The Morgan fingerprint density at radius 3 is 2.65 bits per heavy atom. The van der Waals surface area contributed by atoms with Crippen molar-refractivity contribution in [1.29, 1.82) is 0 Å². The molecule has 20 heavy (non-hydrogen) atoms. The maximum Gasteiger partial charge on any atom is 0.341 e. The first-order valence-corrected chi connectivity index (χ1v) is 5.86. The zero-order valence-electron chi connectivity index (χ0n) is 11.2. The van der Waals surface area contributed by atoms with Crippen molar-refractivity contribution in [2.75, 3.05) is 19.5 Å². The van der Waals surface area contributed by atoms with E-state index in [1.807, 2.05) is 12.1 Å². The van der Waals surface area contributed by atoms with Crippen LogP contribution in [0, 0.1) is 0 Å². The molecule has 2 heterocycles. The number of pyridine rings is 1. The number of ether oxygens (including phenoxy) is 2. The van der Waals surface area contributed by atoms with Gasteiger partial charge in [0.05, 0.1) is 19.8 Å². The van der Waals surface area contributed by atoms with Crippen molar-refractivity contribution in [2.24, 2.45) is 0 Å². The molecule has 2 rings (SSSR count). The van der Waals surface area contributed by atoms with Gasteiger partial charge in [-0.1, -0.05) is 0 Å². The standard InChI is InChI=1S/C13H14N4O3/c1-19-11-5-9(3-4-14-11)6-15-13-16-7-10(8-17-13)12(18)20-2/h3-5,7-8H,6H2,1-2H3,(H,15,16,17). The minimum absolute atomic E-state index is 0.309. The maximum absolute atomic E-state index is 11.2. The molecule has 7 nitrogen and oxygen atoms in total. The molecule has 0 aliphatic carbocycles. The number of nitrogens with zero attached hydrogens (tertiary/aromatic N) is 3. The molecule has 104 valence electrons. The maximum atomic E-state index is 11.2. The lowest BCUT2D eigenvalue weighted by Gasteiger charge is -2.06. The normalized spacial score (nSPS) is 9.90. The van der Waals surface area contributed by atoms with E-state index in [0.29, 0.717) is 23.9 Å². The minimum atomic E-state index is -0.463. The molecule has 0 aliphatic heterocycles. The summed E-state index contributed by atoms with van der Waals surface area (Å²) in [6.07, 6.45) is 4.49. The Morgan fingerprint density at radius 2 is 2.00 bits per heavy atom. The molecule has 0 fully saturated rings. The monoisotopic (exact) mass is 274 g/mol. The summed E-state index contributed by atoms with van der Waals surface area (Å²) in [7, 11) is 2.87. The third kappa shape index (κ3) is 3.41. The summed E-state index contributed by atoms with van der Waals surface area (Å²) in [5.41, 5.74) is 1.29. The zero-order chi connectivity index (χ0) is 14.4. The van der Waals surface area contributed by atoms with Crippen LogP contribution in [0.3, 0.4) is 0 Å². The molecular formula is C13H14N4O3. The number of methoxy groups -OCH3 is 2. The molecule has 0 bridgehead atoms. The van der Waals surface area contributed by atoms with Gasteiger partial charge in [0.15, 0.2) is 0 Å². The van der Waals surface area contributed by atoms with Gasteiger partial charge in [-0.15, -0.1) is 0 Å². The number of esters is 1. The van der Waals surface area contributed by atoms with Crippen molar-refractivity contribution in [3.8, 4) is 5.88 Å². The molecule has 0 aromatic carbocycles. The molecule has 0 aliphatic rings. The molecule has 7 heteroatoms. The SMILES string of the molecule is COC(=O)c1cnc(NCc2ccnc(OC)c2)nc1. The van der Waals surface area contributed by atoms with Gasteiger partial charge in [-0.25, -0.2) is 19.7 Å². The summed E-state index contributed by atoms with van der Waals surface area (Å²) in [4.78, 5) is 23.3. The van der Waals surface area contributed by atoms with Gasteiger partial charge in [0.25, 0.3) is 0 Å². The van der Waals surface area contributed by atoms with Crippen molar-refractivity contribution < 1.29 is 14.3 Å². The van der Waals surface area contributed by atoms with Crippen LogP contribution < -0.4 is 10.1 Å². The van der Waals surface area contributed by atoms with Crippen LogP contribution in [0.15, 0.2) is 30.7 Å². The van der Waals surface area contributed by atoms with Crippen molar-refractivity contribution in [3.05, 3.63) is 41.9 Å². The van der Waals surface area contributed by atoms with E-state index >= 15 is 0 Å². The van der Waals surface area contributed by atoms with E-state index in [1.165, 1.54) is 19.5 Å².